The van der Waals surface area contributed by atoms with E-state index in [9.17, 15) is 4.79 Å². The quantitative estimate of drug-likeness (QED) is 0.0921. The molecular formula is C46H51NO7. The van der Waals surface area contributed by atoms with Gasteiger partial charge in [0.25, 0.3) is 5.91 Å². The Hall–Kier alpha value is -4.67. The molecule has 54 heavy (non-hydrogen) atoms. The fourth-order valence-corrected chi connectivity index (χ4v) is 6.73. The predicted octanol–water partition coefficient (Wildman–Crippen LogP) is 8.08. The predicted molar refractivity (Wildman–Crippen MR) is 209 cm³/mol. The molecule has 0 spiro atoms. The van der Waals surface area contributed by atoms with Crippen LogP contribution in [0.2, 0.25) is 0 Å². The average molecular weight is 730 g/mol. The second-order valence-corrected chi connectivity index (χ2v) is 13.4. The first-order valence-electron chi connectivity index (χ1n) is 18.8. The van der Waals surface area contributed by atoms with Gasteiger partial charge in [0.05, 0.1) is 39.6 Å². The third kappa shape index (κ3) is 10.7. The van der Waals surface area contributed by atoms with Gasteiger partial charge in [-0.3, -0.25) is 4.79 Å². The second kappa shape index (κ2) is 20.1. The Morgan fingerprint density at radius 1 is 0.611 bits per heavy atom. The normalized spacial score (nSPS) is 21.1. The fraction of sp³-hybridized carbons (Fsp3) is 0.326. The molecule has 0 saturated carbocycles. The van der Waals surface area contributed by atoms with Crippen molar-refractivity contribution >= 4 is 5.91 Å². The summed E-state index contributed by atoms with van der Waals surface area (Å²) in [5.41, 5.74) is 5.81. The van der Waals surface area contributed by atoms with E-state index in [-0.39, 0.29) is 12.5 Å². The van der Waals surface area contributed by atoms with Crippen molar-refractivity contribution < 1.29 is 33.2 Å². The van der Waals surface area contributed by atoms with Crippen LogP contribution < -0.4 is 5.32 Å². The van der Waals surface area contributed by atoms with Gasteiger partial charge < -0.3 is 33.7 Å². The highest BCUT2D eigenvalue weighted by atomic mass is 16.7. The van der Waals surface area contributed by atoms with Crippen LogP contribution >= 0.6 is 0 Å². The molecule has 0 aliphatic carbocycles. The topological polar surface area (TPSA) is 84.5 Å². The molecule has 8 nitrogen and oxygen atoms in total. The molecule has 0 unspecified atom stereocenters. The zero-order chi connectivity index (χ0) is 37.4. The largest absolute Gasteiger partial charge is 0.374 e. The highest BCUT2D eigenvalue weighted by Gasteiger charge is 2.57. The molecule has 0 radical (unpaired) electrons. The Kier molecular flexibility index (Phi) is 14.6. The molecule has 0 aromatic heterocycles. The molecule has 8 heteroatoms. The second-order valence-electron chi connectivity index (χ2n) is 13.4. The van der Waals surface area contributed by atoms with Crippen molar-refractivity contribution in [2.75, 3.05) is 20.3 Å². The molecule has 1 fully saturated rings. The Morgan fingerprint density at radius 2 is 1.09 bits per heavy atom. The number of rotatable bonds is 19. The van der Waals surface area contributed by atoms with Gasteiger partial charge in [-0.2, -0.15) is 0 Å². The lowest BCUT2D eigenvalue weighted by Gasteiger charge is -2.52. The van der Waals surface area contributed by atoms with E-state index in [2.05, 4.69) is 36.5 Å². The lowest BCUT2D eigenvalue weighted by Crippen LogP contribution is -2.68. The van der Waals surface area contributed by atoms with Crippen molar-refractivity contribution in [3.8, 4) is 0 Å². The number of benzene rings is 5. The molecule has 1 saturated heterocycles. The summed E-state index contributed by atoms with van der Waals surface area (Å²) in [6.45, 7) is 4.09. The summed E-state index contributed by atoms with van der Waals surface area (Å²) in [7, 11) is 1.63. The Labute approximate surface area is 319 Å². The molecule has 5 aromatic rings. The summed E-state index contributed by atoms with van der Waals surface area (Å²) in [5, 5.41) is 2.68. The van der Waals surface area contributed by atoms with Crippen molar-refractivity contribution in [3.05, 3.63) is 179 Å². The van der Waals surface area contributed by atoms with Crippen molar-refractivity contribution in [3.63, 3.8) is 0 Å². The highest BCUT2D eigenvalue weighted by Crippen LogP contribution is 2.40. The molecule has 1 aliphatic heterocycles. The van der Waals surface area contributed by atoms with Gasteiger partial charge in [-0.1, -0.05) is 140 Å². The molecule has 6 rings (SSSR count). The molecule has 0 bridgehead atoms. The van der Waals surface area contributed by atoms with Gasteiger partial charge in [-0.15, -0.1) is 0 Å². The smallest absolute Gasteiger partial charge is 0.251 e. The first kappa shape index (κ1) is 39.0. The van der Waals surface area contributed by atoms with Crippen LogP contribution in [0.3, 0.4) is 0 Å². The summed E-state index contributed by atoms with van der Waals surface area (Å²) in [4.78, 5) is 12.1. The third-order valence-electron chi connectivity index (χ3n) is 9.68. The minimum Gasteiger partial charge on any atom is -0.374 e. The minimum atomic E-state index is -1.20. The SMILES string of the molecule is CC[C@]1(OCCc2ccc(C(=O)NC)cc2)O[C@H](COCc2ccccc2)[C@@H](OCc2ccccc2)[C@H](OCc2ccccc2)[C@@H]1OCc1ccccc1. The van der Waals surface area contributed by atoms with Crippen LogP contribution in [-0.2, 0) is 61.3 Å². The summed E-state index contributed by atoms with van der Waals surface area (Å²) in [5.74, 6) is -1.33. The van der Waals surface area contributed by atoms with E-state index in [1.165, 1.54) is 0 Å². The number of carbonyl (C=O) groups is 1. The number of hydrogen-bond donors (Lipinski definition) is 1. The van der Waals surface area contributed by atoms with E-state index in [1.807, 2.05) is 121 Å². The number of ether oxygens (including phenoxy) is 6. The van der Waals surface area contributed by atoms with E-state index in [4.69, 9.17) is 28.4 Å². The van der Waals surface area contributed by atoms with Gasteiger partial charge in [0.2, 0.25) is 0 Å². The van der Waals surface area contributed by atoms with Crippen LogP contribution in [0.4, 0.5) is 0 Å². The van der Waals surface area contributed by atoms with Gasteiger partial charge in [0, 0.05) is 19.0 Å². The van der Waals surface area contributed by atoms with Crippen LogP contribution in [0.1, 0.15) is 51.5 Å². The Morgan fingerprint density at radius 3 is 1.59 bits per heavy atom. The van der Waals surface area contributed by atoms with Crippen molar-refractivity contribution in [2.45, 2.75) is 76.4 Å². The molecule has 1 N–H and O–H groups in total. The maximum Gasteiger partial charge on any atom is 0.251 e. The molecule has 1 heterocycles. The van der Waals surface area contributed by atoms with Crippen molar-refractivity contribution in [1.29, 1.82) is 0 Å². The van der Waals surface area contributed by atoms with Crippen LogP contribution in [0, 0.1) is 0 Å². The summed E-state index contributed by atoms with van der Waals surface area (Å²) < 4.78 is 41.0. The number of amides is 1. The van der Waals surface area contributed by atoms with Gasteiger partial charge >= 0.3 is 0 Å². The Bertz CT molecular complexity index is 1810. The van der Waals surface area contributed by atoms with E-state index >= 15 is 0 Å². The fourth-order valence-electron chi connectivity index (χ4n) is 6.73. The Balaban J connectivity index is 1.32. The minimum absolute atomic E-state index is 0.122. The monoisotopic (exact) mass is 729 g/mol. The highest BCUT2D eigenvalue weighted by molar-refractivity contribution is 5.93. The first-order valence-corrected chi connectivity index (χ1v) is 18.8. The summed E-state index contributed by atoms with van der Waals surface area (Å²) >= 11 is 0. The van der Waals surface area contributed by atoms with Gasteiger partial charge in [0.15, 0.2) is 5.79 Å². The van der Waals surface area contributed by atoms with Gasteiger partial charge in [-0.25, -0.2) is 0 Å². The zero-order valence-electron chi connectivity index (χ0n) is 31.2. The summed E-state index contributed by atoms with van der Waals surface area (Å²) in [6, 6.07) is 48.0. The maximum atomic E-state index is 12.1. The van der Waals surface area contributed by atoms with E-state index in [0.717, 1.165) is 27.8 Å². The molecule has 282 valence electrons. The van der Waals surface area contributed by atoms with Crippen LogP contribution in [0.25, 0.3) is 0 Å². The third-order valence-corrected chi connectivity index (χ3v) is 9.68. The van der Waals surface area contributed by atoms with E-state index < -0.39 is 30.2 Å². The molecular weight excluding hydrogens is 679 g/mol. The number of nitrogens with one attached hydrogen (secondary N) is 1. The van der Waals surface area contributed by atoms with Crippen molar-refractivity contribution in [2.24, 2.45) is 0 Å². The van der Waals surface area contributed by atoms with Crippen LogP contribution in [-0.4, -0.2) is 56.4 Å². The molecule has 1 aliphatic rings. The standard InChI is InChI=1S/C46H51NO7/c1-3-46(53-29-28-35-24-26-40(27-25-35)45(48)47-2)44(52-33-39-22-14-7-15-23-39)43(51-32-38-20-12-6-13-21-38)42(50-31-37-18-10-5-11-19-37)41(54-46)34-49-30-36-16-8-4-9-17-36/h4-27,41-44H,3,28-34H2,1-2H3,(H,47,48)/t41-,42-,43+,44+,46+/m1/s1. The van der Waals surface area contributed by atoms with Crippen LogP contribution in [0.5, 0.6) is 0 Å². The van der Waals surface area contributed by atoms with E-state index in [1.54, 1.807) is 7.05 Å². The van der Waals surface area contributed by atoms with Crippen molar-refractivity contribution in [1.82, 2.24) is 5.32 Å². The molecule has 5 aromatic carbocycles. The molecule has 5 atom stereocenters. The lowest BCUT2D eigenvalue weighted by molar-refractivity contribution is -0.383. The molecule has 1 amide bonds. The van der Waals surface area contributed by atoms with E-state index in [0.29, 0.717) is 51.4 Å². The van der Waals surface area contributed by atoms with Crippen LogP contribution in [0.15, 0.2) is 146 Å². The van der Waals surface area contributed by atoms with Gasteiger partial charge in [0.1, 0.15) is 24.4 Å². The first-order chi connectivity index (χ1) is 26.6. The lowest BCUT2D eigenvalue weighted by atomic mass is 9.89. The average Bonchev–Trinajstić information content (AvgIpc) is 3.23. The van der Waals surface area contributed by atoms with Gasteiger partial charge in [-0.05, 0) is 46.4 Å². The zero-order valence-corrected chi connectivity index (χ0v) is 31.2. The maximum absolute atomic E-state index is 12.1. The number of carbonyl (C=O) groups excluding carboxylic acids is 1. The summed E-state index contributed by atoms with van der Waals surface area (Å²) in [6.07, 6.45) is -1.30. The number of hydrogen-bond acceptors (Lipinski definition) is 7.